The van der Waals surface area contributed by atoms with Gasteiger partial charge in [-0.3, -0.25) is 14.9 Å². The molecule has 1 aliphatic heterocycles. The van der Waals surface area contributed by atoms with Gasteiger partial charge in [0.15, 0.2) is 5.82 Å². The van der Waals surface area contributed by atoms with Crippen LogP contribution in [0.15, 0.2) is 48.5 Å². The molecule has 27 heavy (non-hydrogen) atoms. The number of nitrogens with zero attached hydrogens (tertiary/aromatic N) is 3. The van der Waals surface area contributed by atoms with Gasteiger partial charge in [0.2, 0.25) is 11.9 Å². The Kier molecular flexibility index (Phi) is 4.15. The molecule has 1 atom stereocenters. The highest BCUT2D eigenvalue weighted by molar-refractivity contribution is 6.01. The van der Waals surface area contributed by atoms with Gasteiger partial charge < -0.3 is 5.32 Å². The van der Waals surface area contributed by atoms with Gasteiger partial charge in [-0.15, -0.1) is 5.10 Å². The van der Waals surface area contributed by atoms with Gasteiger partial charge in [0, 0.05) is 5.56 Å². The molecular weight excluding hydrogens is 349 g/mol. The first-order valence-electron chi connectivity index (χ1n) is 8.40. The Hall–Kier alpha value is -3.55. The fourth-order valence-electron chi connectivity index (χ4n) is 2.87. The molecule has 0 bridgehead atoms. The summed E-state index contributed by atoms with van der Waals surface area (Å²) in [6.45, 7) is 1.98. The van der Waals surface area contributed by atoms with Crippen LogP contribution in [0.25, 0.3) is 11.4 Å². The molecule has 1 aromatic heterocycles. The van der Waals surface area contributed by atoms with E-state index in [1.807, 2.05) is 31.2 Å². The minimum Gasteiger partial charge on any atom is -0.324 e. The number of aryl methyl sites for hydroxylation is 1. The standard InChI is InChI=1S/C19H16FN5O2/c1-11-6-8-12(9-7-11)17-22-19-23-18(27)15(25(19)24-17)10-16(26)21-14-5-3-2-4-13(14)20/h2-9,15H,10H2,1H3,(H,21,26)(H,22,23,24,27). The summed E-state index contributed by atoms with van der Waals surface area (Å²) in [4.78, 5) is 28.8. The molecule has 8 heteroatoms. The van der Waals surface area contributed by atoms with Crippen molar-refractivity contribution in [2.45, 2.75) is 19.4 Å². The lowest BCUT2D eigenvalue weighted by Gasteiger charge is -2.10. The molecule has 0 fully saturated rings. The summed E-state index contributed by atoms with van der Waals surface area (Å²) in [6, 6.07) is 12.7. The molecule has 2 aromatic carbocycles. The molecule has 0 spiro atoms. The molecule has 1 aliphatic rings. The molecule has 0 aliphatic carbocycles. The van der Waals surface area contributed by atoms with Crippen LogP contribution >= 0.6 is 0 Å². The van der Waals surface area contributed by atoms with Crippen molar-refractivity contribution < 1.29 is 14.0 Å². The number of halogens is 1. The molecule has 4 rings (SSSR count). The second-order valence-corrected chi connectivity index (χ2v) is 6.31. The van der Waals surface area contributed by atoms with Gasteiger partial charge >= 0.3 is 0 Å². The zero-order valence-electron chi connectivity index (χ0n) is 14.4. The van der Waals surface area contributed by atoms with Gasteiger partial charge in [0.25, 0.3) is 5.91 Å². The SMILES string of the molecule is Cc1ccc(-c2nc3n(n2)C(CC(=O)Nc2ccccc2F)C(=O)N3)cc1. The number of carbonyl (C=O) groups excluding carboxylic acids is 2. The zero-order valence-corrected chi connectivity index (χ0v) is 14.4. The van der Waals surface area contributed by atoms with Crippen LogP contribution in [0.2, 0.25) is 0 Å². The van der Waals surface area contributed by atoms with Crippen molar-refractivity contribution in [2.75, 3.05) is 10.6 Å². The summed E-state index contributed by atoms with van der Waals surface area (Å²) in [5.41, 5.74) is 1.99. The van der Waals surface area contributed by atoms with Crippen LogP contribution in [-0.2, 0) is 9.59 Å². The normalized spacial score (nSPS) is 15.3. The molecule has 2 amide bonds. The maximum atomic E-state index is 13.7. The molecule has 3 aromatic rings. The monoisotopic (exact) mass is 365 g/mol. The average molecular weight is 365 g/mol. The number of fused-ring (bicyclic) bond motifs is 1. The molecule has 1 unspecified atom stereocenters. The number of carbonyl (C=O) groups is 2. The Morgan fingerprint density at radius 2 is 1.96 bits per heavy atom. The Bertz CT molecular complexity index is 1030. The Morgan fingerprint density at radius 1 is 1.22 bits per heavy atom. The maximum absolute atomic E-state index is 13.7. The molecular formula is C19H16FN5O2. The predicted octanol–water partition coefficient (Wildman–Crippen LogP) is 2.91. The van der Waals surface area contributed by atoms with Gasteiger partial charge in [-0.25, -0.2) is 9.07 Å². The fraction of sp³-hybridized carbons (Fsp3) is 0.158. The van der Waals surface area contributed by atoms with Gasteiger partial charge in [-0.2, -0.15) is 4.98 Å². The summed E-state index contributed by atoms with van der Waals surface area (Å²) in [6.07, 6.45) is -0.177. The number of aromatic nitrogens is 3. The first-order valence-corrected chi connectivity index (χ1v) is 8.40. The van der Waals surface area contributed by atoms with E-state index in [1.165, 1.54) is 22.9 Å². The highest BCUT2D eigenvalue weighted by Crippen LogP contribution is 2.28. The number of nitrogens with one attached hydrogen (secondary N) is 2. The third kappa shape index (κ3) is 3.29. The molecule has 0 saturated heterocycles. The first kappa shape index (κ1) is 16.9. The average Bonchev–Trinajstić information content (AvgIpc) is 3.17. The van der Waals surface area contributed by atoms with Crippen LogP contribution in [0.5, 0.6) is 0 Å². The van der Waals surface area contributed by atoms with E-state index < -0.39 is 17.8 Å². The summed E-state index contributed by atoms with van der Waals surface area (Å²) in [5.74, 6) is -0.641. The third-order valence-electron chi connectivity index (χ3n) is 4.30. The number of amides is 2. The van der Waals surface area contributed by atoms with Crippen LogP contribution in [-0.4, -0.2) is 26.6 Å². The van der Waals surface area contributed by atoms with Crippen molar-refractivity contribution in [1.29, 1.82) is 0 Å². The largest absolute Gasteiger partial charge is 0.324 e. The predicted molar refractivity (Wildman–Crippen MR) is 97.5 cm³/mol. The highest BCUT2D eigenvalue weighted by atomic mass is 19.1. The van der Waals surface area contributed by atoms with E-state index in [0.29, 0.717) is 11.8 Å². The molecule has 0 radical (unpaired) electrons. The Balaban J connectivity index is 1.53. The number of hydrogen-bond donors (Lipinski definition) is 2. The summed E-state index contributed by atoms with van der Waals surface area (Å²) >= 11 is 0. The van der Waals surface area contributed by atoms with Crippen molar-refractivity contribution >= 4 is 23.5 Å². The number of para-hydroxylation sites is 1. The van der Waals surface area contributed by atoms with E-state index in [1.54, 1.807) is 6.07 Å². The van der Waals surface area contributed by atoms with Crippen LogP contribution < -0.4 is 10.6 Å². The third-order valence-corrected chi connectivity index (χ3v) is 4.30. The van der Waals surface area contributed by atoms with Crippen molar-refractivity contribution in [1.82, 2.24) is 14.8 Å². The van der Waals surface area contributed by atoms with E-state index in [0.717, 1.165) is 11.1 Å². The topological polar surface area (TPSA) is 88.9 Å². The maximum Gasteiger partial charge on any atom is 0.252 e. The van der Waals surface area contributed by atoms with Crippen molar-refractivity contribution in [3.63, 3.8) is 0 Å². The minimum absolute atomic E-state index is 0.0695. The molecule has 7 nitrogen and oxygen atoms in total. The molecule has 2 N–H and O–H groups in total. The molecule has 136 valence electrons. The second kappa shape index (κ2) is 6.64. The van der Waals surface area contributed by atoms with Crippen molar-refractivity contribution in [3.8, 4) is 11.4 Å². The minimum atomic E-state index is -0.835. The molecule has 2 heterocycles. The number of rotatable bonds is 4. The van der Waals surface area contributed by atoms with Crippen LogP contribution in [0, 0.1) is 12.7 Å². The fourth-order valence-corrected chi connectivity index (χ4v) is 2.87. The lowest BCUT2D eigenvalue weighted by molar-refractivity contribution is -0.123. The second-order valence-electron chi connectivity index (χ2n) is 6.31. The smallest absolute Gasteiger partial charge is 0.252 e. The number of hydrogen-bond acceptors (Lipinski definition) is 4. The lowest BCUT2D eigenvalue weighted by atomic mass is 10.1. The van der Waals surface area contributed by atoms with Gasteiger partial charge in [-0.1, -0.05) is 42.0 Å². The summed E-state index contributed by atoms with van der Waals surface area (Å²) < 4.78 is 15.1. The zero-order chi connectivity index (χ0) is 19.0. The summed E-state index contributed by atoms with van der Waals surface area (Å²) in [5, 5.41) is 9.47. The summed E-state index contributed by atoms with van der Waals surface area (Å²) in [7, 11) is 0. The van der Waals surface area contributed by atoms with Gasteiger partial charge in [0.05, 0.1) is 12.1 Å². The van der Waals surface area contributed by atoms with Crippen LogP contribution in [0.3, 0.4) is 0 Å². The van der Waals surface area contributed by atoms with E-state index in [-0.39, 0.29) is 18.0 Å². The van der Waals surface area contributed by atoms with E-state index in [9.17, 15) is 14.0 Å². The van der Waals surface area contributed by atoms with E-state index >= 15 is 0 Å². The van der Waals surface area contributed by atoms with E-state index in [2.05, 4.69) is 20.7 Å². The van der Waals surface area contributed by atoms with E-state index in [4.69, 9.17) is 0 Å². The van der Waals surface area contributed by atoms with Gasteiger partial charge in [0.1, 0.15) is 11.9 Å². The van der Waals surface area contributed by atoms with Crippen LogP contribution in [0.4, 0.5) is 16.0 Å². The first-order chi connectivity index (χ1) is 13.0. The van der Waals surface area contributed by atoms with Gasteiger partial charge in [-0.05, 0) is 19.1 Å². The number of anilines is 2. The quantitative estimate of drug-likeness (QED) is 0.744. The lowest BCUT2D eigenvalue weighted by Crippen LogP contribution is -2.24. The van der Waals surface area contributed by atoms with Crippen molar-refractivity contribution in [2.24, 2.45) is 0 Å². The highest BCUT2D eigenvalue weighted by Gasteiger charge is 2.35. The Morgan fingerprint density at radius 3 is 2.70 bits per heavy atom. The Labute approximate surface area is 154 Å². The van der Waals surface area contributed by atoms with Crippen molar-refractivity contribution in [3.05, 3.63) is 59.9 Å². The molecule has 0 saturated carbocycles. The van der Waals surface area contributed by atoms with Crippen LogP contribution in [0.1, 0.15) is 18.0 Å². The number of benzene rings is 2.